The van der Waals surface area contributed by atoms with E-state index < -0.39 is 0 Å². The molecule has 2 heterocycles. The van der Waals surface area contributed by atoms with Gasteiger partial charge >= 0.3 is 0 Å². The Kier molecular flexibility index (Phi) is 6.53. The third kappa shape index (κ3) is 4.34. The summed E-state index contributed by atoms with van der Waals surface area (Å²) in [7, 11) is 1.64. The summed E-state index contributed by atoms with van der Waals surface area (Å²) < 4.78 is 28.7. The zero-order valence-electron chi connectivity index (χ0n) is 15.2. The maximum Gasteiger partial charge on any atom is 0.203 e. The summed E-state index contributed by atoms with van der Waals surface area (Å²) in [5.41, 5.74) is 1.17. The van der Waals surface area contributed by atoms with Gasteiger partial charge < -0.3 is 29.0 Å². The van der Waals surface area contributed by atoms with Gasteiger partial charge in [0.1, 0.15) is 19.3 Å². The van der Waals surface area contributed by atoms with Crippen molar-refractivity contribution in [1.29, 1.82) is 0 Å². The lowest BCUT2D eigenvalue weighted by Crippen LogP contribution is -2.39. The van der Waals surface area contributed by atoms with Crippen LogP contribution in [0.1, 0.15) is 5.56 Å². The van der Waals surface area contributed by atoms with E-state index in [0.717, 1.165) is 23.7 Å². The topological polar surface area (TPSA) is 58.2 Å². The van der Waals surface area contributed by atoms with Gasteiger partial charge in [-0.15, -0.1) is 12.4 Å². The Labute approximate surface area is 165 Å². The van der Waals surface area contributed by atoms with E-state index in [2.05, 4.69) is 5.32 Å². The number of rotatable bonds is 7. The van der Waals surface area contributed by atoms with E-state index in [0.29, 0.717) is 44.4 Å². The van der Waals surface area contributed by atoms with Gasteiger partial charge in [-0.25, -0.2) is 0 Å². The lowest BCUT2D eigenvalue weighted by Gasteiger charge is -2.26. The molecule has 1 atom stereocenters. The summed E-state index contributed by atoms with van der Waals surface area (Å²) in [5.74, 6) is 3.80. The van der Waals surface area contributed by atoms with Gasteiger partial charge in [0.2, 0.25) is 5.75 Å². The highest BCUT2D eigenvalue weighted by atomic mass is 35.5. The Morgan fingerprint density at radius 1 is 1.11 bits per heavy atom. The SMILES string of the molecule is COc1ccc2c(c1OCCNC[C@H]1COc3ccccc3O1)OCC2.Cl. The van der Waals surface area contributed by atoms with Gasteiger partial charge in [-0.05, 0) is 18.2 Å². The van der Waals surface area contributed by atoms with Crippen LogP contribution in [0.5, 0.6) is 28.7 Å². The lowest BCUT2D eigenvalue weighted by atomic mass is 10.1. The zero-order chi connectivity index (χ0) is 17.8. The molecule has 146 valence electrons. The van der Waals surface area contributed by atoms with Crippen molar-refractivity contribution in [3.63, 3.8) is 0 Å². The smallest absolute Gasteiger partial charge is 0.203 e. The molecule has 7 heteroatoms. The van der Waals surface area contributed by atoms with E-state index in [1.165, 1.54) is 5.56 Å². The molecule has 1 N–H and O–H groups in total. The predicted molar refractivity (Wildman–Crippen MR) is 104 cm³/mol. The second kappa shape index (κ2) is 9.06. The minimum atomic E-state index is -0.0104. The van der Waals surface area contributed by atoms with E-state index in [-0.39, 0.29) is 18.5 Å². The number of hydrogen-bond acceptors (Lipinski definition) is 6. The number of benzene rings is 2. The van der Waals surface area contributed by atoms with E-state index in [1.807, 2.05) is 36.4 Å². The molecule has 2 aromatic carbocycles. The van der Waals surface area contributed by atoms with E-state index in [4.69, 9.17) is 23.7 Å². The van der Waals surface area contributed by atoms with Crippen LogP contribution < -0.4 is 29.0 Å². The summed E-state index contributed by atoms with van der Waals surface area (Å²) in [6, 6.07) is 11.7. The maximum absolute atomic E-state index is 5.93. The number of fused-ring (bicyclic) bond motifs is 2. The fourth-order valence-corrected chi connectivity index (χ4v) is 3.15. The highest BCUT2D eigenvalue weighted by Crippen LogP contribution is 2.42. The standard InChI is InChI=1S/C20H23NO5.ClH/c1-22-18-7-6-14-8-10-23-19(14)20(18)24-11-9-21-12-15-13-25-16-4-2-3-5-17(16)26-15;/h2-7,15,21H,8-13H2,1H3;1H/t15-;/m0./s1. The van der Waals surface area contributed by atoms with Crippen molar-refractivity contribution in [2.24, 2.45) is 0 Å². The van der Waals surface area contributed by atoms with Gasteiger partial charge in [-0.1, -0.05) is 18.2 Å². The molecular weight excluding hydrogens is 370 g/mol. The van der Waals surface area contributed by atoms with Crippen LogP contribution in [0.4, 0.5) is 0 Å². The van der Waals surface area contributed by atoms with Gasteiger partial charge in [0.15, 0.2) is 23.0 Å². The third-order valence-electron chi connectivity index (χ3n) is 4.46. The molecule has 2 aliphatic rings. The van der Waals surface area contributed by atoms with Crippen molar-refractivity contribution in [3.8, 4) is 28.7 Å². The average Bonchev–Trinajstić information content (AvgIpc) is 3.16. The van der Waals surface area contributed by atoms with Gasteiger partial charge in [0, 0.05) is 25.1 Å². The van der Waals surface area contributed by atoms with Crippen molar-refractivity contribution in [1.82, 2.24) is 5.32 Å². The van der Waals surface area contributed by atoms with Crippen molar-refractivity contribution in [2.75, 3.05) is 40.0 Å². The van der Waals surface area contributed by atoms with E-state index >= 15 is 0 Å². The molecule has 4 rings (SSSR count). The first kappa shape index (κ1) is 19.5. The Hall–Kier alpha value is -2.31. The van der Waals surface area contributed by atoms with Crippen molar-refractivity contribution < 1.29 is 23.7 Å². The first-order valence-corrected chi connectivity index (χ1v) is 8.90. The number of halogens is 1. The minimum absolute atomic E-state index is 0. The maximum atomic E-state index is 5.93. The number of hydrogen-bond donors (Lipinski definition) is 1. The number of nitrogens with one attached hydrogen (secondary N) is 1. The highest BCUT2D eigenvalue weighted by molar-refractivity contribution is 5.85. The molecule has 6 nitrogen and oxygen atoms in total. The third-order valence-corrected chi connectivity index (χ3v) is 4.46. The fourth-order valence-electron chi connectivity index (χ4n) is 3.15. The van der Waals surface area contributed by atoms with Gasteiger partial charge in [0.25, 0.3) is 0 Å². The molecule has 0 saturated heterocycles. The summed E-state index contributed by atoms with van der Waals surface area (Å²) in [4.78, 5) is 0. The molecule has 27 heavy (non-hydrogen) atoms. The normalized spacial score (nSPS) is 16.7. The van der Waals surface area contributed by atoms with Crippen LogP contribution >= 0.6 is 12.4 Å². The molecule has 0 fully saturated rings. The number of para-hydroxylation sites is 2. The van der Waals surface area contributed by atoms with Crippen molar-refractivity contribution >= 4 is 12.4 Å². The Balaban J connectivity index is 0.00000210. The molecule has 0 aliphatic carbocycles. The Morgan fingerprint density at radius 2 is 1.96 bits per heavy atom. The fraction of sp³-hybridized carbons (Fsp3) is 0.400. The Bertz CT molecular complexity index is 770. The molecule has 0 aromatic heterocycles. The van der Waals surface area contributed by atoms with Crippen LogP contribution in [-0.4, -0.2) is 46.1 Å². The second-order valence-electron chi connectivity index (χ2n) is 6.23. The van der Waals surface area contributed by atoms with Gasteiger partial charge in [-0.3, -0.25) is 0 Å². The first-order chi connectivity index (χ1) is 12.8. The van der Waals surface area contributed by atoms with E-state index in [9.17, 15) is 0 Å². The molecule has 0 radical (unpaired) electrons. The molecule has 0 saturated carbocycles. The zero-order valence-corrected chi connectivity index (χ0v) is 16.1. The van der Waals surface area contributed by atoms with Crippen LogP contribution in [0.2, 0.25) is 0 Å². The summed E-state index contributed by atoms with van der Waals surface area (Å²) >= 11 is 0. The monoisotopic (exact) mass is 393 g/mol. The molecule has 0 unspecified atom stereocenters. The summed E-state index contributed by atoms with van der Waals surface area (Å²) in [5, 5.41) is 3.35. The van der Waals surface area contributed by atoms with Gasteiger partial charge in [0.05, 0.1) is 13.7 Å². The molecule has 2 aliphatic heterocycles. The Morgan fingerprint density at radius 3 is 2.81 bits per heavy atom. The van der Waals surface area contributed by atoms with Crippen LogP contribution in [0.3, 0.4) is 0 Å². The molecule has 2 aromatic rings. The number of ether oxygens (including phenoxy) is 5. The molecular formula is C20H24ClNO5. The van der Waals surface area contributed by atoms with E-state index in [1.54, 1.807) is 7.11 Å². The quantitative estimate of drug-likeness (QED) is 0.730. The van der Waals surface area contributed by atoms with Gasteiger partial charge in [-0.2, -0.15) is 0 Å². The van der Waals surface area contributed by atoms with Crippen LogP contribution in [0.25, 0.3) is 0 Å². The predicted octanol–water partition coefficient (Wildman–Crippen LogP) is 2.86. The lowest BCUT2D eigenvalue weighted by molar-refractivity contribution is 0.0896. The highest BCUT2D eigenvalue weighted by Gasteiger charge is 2.22. The van der Waals surface area contributed by atoms with Crippen LogP contribution in [0.15, 0.2) is 36.4 Å². The summed E-state index contributed by atoms with van der Waals surface area (Å²) in [6.07, 6.45) is 0.901. The summed E-state index contributed by atoms with van der Waals surface area (Å²) in [6.45, 7) is 3.13. The van der Waals surface area contributed by atoms with Crippen LogP contribution in [-0.2, 0) is 6.42 Å². The van der Waals surface area contributed by atoms with Crippen molar-refractivity contribution in [2.45, 2.75) is 12.5 Å². The number of methoxy groups -OCH3 is 1. The second-order valence-corrected chi connectivity index (χ2v) is 6.23. The van der Waals surface area contributed by atoms with Crippen molar-refractivity contribution in [3.05, 3.63) is 42.0 Å². The average molecular weight is 394 g/mol. The molecule has 0 bridgehead atoms. The first-order valence-electron chi connectivity index (χ1n) is 8.90. The largest absolute Gasteiger partial charge is 0.493 e. The molecule has 0 spiro atoms. The molecule has 0 amide bonds. The minimum Gasteiger partial charge on any atom is -0.493 e. The van der Waals surface area contributed by atoms with Crippen LogP contribution in [0, 0.1) is 0 Å².